The van der Waals surface area contributed by atoms with E-state index in [1.165, 1.54) is 41.3 Å². The third-order valence-corrected chi connectivity index (χ3v) is 9.02. The molecule has 216 valence electrons. The number of nitrogens with zero attached hydrogens (tertiary/aromatic N) is 7. The van der Waals surface area contributed by atoms with Crippen molar-refractivity contribution in [1.29, 1.82) is 0 Å². The first-order valence-corrected chi connectivity index (χ1v) is 14.9. The Balaban J connectivity index is 1.26. The largest absolute Gasteiger partial charge is 0.270 e. The van der Waals surface area contributed by atoms with Crippen LogP contribution in [0.4, 0.5) is 16.5 Å². The quantitative estimate of drug-likeness (QED) is 0.136. The number of fused-ring (bicyclic) bond motifs is 1. The van der Waals surface area contributed by atoms with Gasteiger partial charge in [0.25, 0.3) is 11.4 Å². The van der Waals surface area contributed by atoms with Gasteiger partial charge in [0.05, 0.1) is 21.7 Å². The van der Waals surface area contributed by atoms with Crippen molar-refractivity contribution >= 4 is 39.6 Å². The lowest BCUT2D eigenvalue weighted by atomic mass is 10.0. The van der Waals surface area contributed by atoms with Crippen LogP contribution in [0.25, 0.3) is 33.0 Å². The molecule has 0 bridgehead atoms. The van der Waals surface area contributed by atoms with Crippen LogP contribution in [0.2, 0.25) is 0 Å². The topological polar surface area (TPSA) is 145 Å². The molecule has 0 fully saturated rings. The van der Waals surface area contributed by atoms with Crippen molar-refractivity contribution in [3.05, 3.63) is 135 Å². The van der Waals surface area contributed by atoms with Gasteiger partial charge >= 0.3 is 0 Å². The normalized spacial score (nSPS) is 13.9. The highest BCUT2D eigenvalue weighted by atomic mass is 32.2. The summed E-state index contributed by atoms with van der Waals surface area (Å²) in [6.07, 6.45) is 1.78. The van der Waals surface area contributed by atoms with Crippen molar-refractivity contribution in [3.8, 4) is 33.0 Å². The monoisotopic (exact) mass is 620 g/mol. The van der Waals surface area contributed by atoms with Gasteiger partial charge in [-0.2, -0.15) is 0 Å². The van der Waals surface area contributed by atoms with Crippen molar-refractivity contribution in [3.63, 3.8) is 0 Å². The lowest BCUT2D eigenvalue weighted by molar-refractivity contribution is -0.385. The molecule has 1 aliphatic rings. The summed E-state index contributed by atoms with van der Waals surface area (Å²) in [4.78, 5) is 26.7. The van der Waals surface area contributed by atoms with Crippen LogP contribution in [0.15, 0.2) is 114 Å². The molecule has 14 heteroatoms. The van der Waals surface area contributed by atoms with Gasteiger partial charge in [0.1, 0.15) is 10.4 Å². The molecule has 0 spiro atoms. The number of benzene rings is 4. The fourth-order valence-electron chi connectivity index (χ4n) is 4.88. The molecule has 0 aliphatic carbocycles. The highest BCUT2D eigenvalue weighted by Gasteiger charge is 2.36. The van der Waals surface area contributed by atoms with E-state index in [-0.39, 0.29) is 11.4 Å². The van der Waals surface area contributed by atoms with E-state index >= 15 is 0 Å². The summed E-state index contributed by atoms with van der Waals surface area (Å²) in [6, 6.07) is 31.0. The first kappa shape index (κ1) is 27.2. The molecule has 1 N–H and O–H groups in total. The van der Waals surface area contributed by atoms with E-state index < -0.39 is 15.2 Å². The van der Waals surface area contributed by atoms with Crippen LogP contribution in [0.3, 0.4) is 0 Å². The zero-order valence-electron chi connectivity index (χ0n) is 22.5. The van der Waals surface area contributed by atoms with Gasteiger partial charge in [0.15, 0.2) is 5.16 Å². The van der Waals surface area contributed by atoms with Crippen molar-refractivity contribution < 1.29 is 9.85 Å². The number of nitro benzene ring substituents is 2. The van der Waals surface area contributed by atoms with Gasteiger partial charge in [0.2, 0.25) is 5.13 Å². The highest BCUT2D eigenvalue weighted by Crippen LogP contribution is 2.46. The molecule has 7 rings (SSSR count). The summed E-state index contributed by atoms with van der Waals surface area (Å²) in [5, 5.41) is 34.4. The summed E-state index contributed by atoms with van der Waals surface area (Å²) in [5.74, 6) is 0. The van der Waals surface area contributed by atoms with Gasteiger partial charge in [-0.1, -0.05) is 102 Å². The lowest BCUT2D eigenvalue weighted by Crippen LogP contribution is -2.38. The van der Waals surface area contributed by atoms with Gasteiger partial charge in [-0.15, -0.1) is 10.2 Å². The number of rotatable bonds is 8. The summed E-state index contributed by atoms with van der Waals surface area (Å²) in [6.45, 7) is 0. The minimum absolute atomic E-state index is 0.0202. The second kappa shape index (κ2) is 11.2. The summed E-state index contributed by atoms with van der Waals surface area (Å²) < 4.78 is 1.92. The van der Waals surface area contributed by atoms with E-state index in [0.717, 1.165) is 22.4 Å². The molecule has 0 amide bonds. The summed E-state index contributed by atoms with van der Waals surface area (Å²) >= 11 is 2.66. The van der Waals surface area contributed by atoms with Crippen molar-refractivity contribution in [1.82, 2.24) is 19.9 Å². The average Bonchev–Trinajstić information content (AvgIpc) is 3.79. The Morgan fingerprint density at radius 3 is 2.14 bits per heavy atom. The number of nitro groups is 2. The van der Waals surface area contributed by atoms with Crippen molar-refractivity contribution in [2.45, 2.75) is 10.5 Å². The standard InChI is InChI=1S/C30H20N8O4S2/c39-37(40)24-10-4-8-22(16-24)27-32-33-29(43-27)34-36-28(23-9-5-11-25(17-23)38(41)42)44-30-31-18-26(35(30)36)21-14-12-20(13-15-21)19-6-2-1-3-7-19/h1-18,28H,(H,33,34). The number of imidazole rings is 1. The highest BCUT2D eigenvalue weighted by molar-refractivity contribution is 7.99. The van der Waals surface area contributed by atoms with Crippen LogP contribution < -0.4 is 10.5 Å². The third-order valence-electron chi connectivity index (χ3n) is 6.95. The Hall–Kier alpha value is -5.60. The van der Waals surface area contributed by atoms with Crippen LogP contribution >= 0.6 is 23.1 Å². The zero-order valence-corrected chi connectivity index (χ0v) is 24.2. The summed E-state index contributed by atoms with van der Waals surface area (Å²) in [7, 11) is 0. The average molecular weight is 621 g/mol. The maximum atomic E-state index is 11.6. The van der Waals surface area contributed by atoms with E-state index in [1.807, 2.05) is 46.2 Å². The molecule has 1 aliphatic heterocycles. The van der Waals surface area contributed by atoms with Crippen LogP contribution in [0, 0.1) is 20.2 Å². The molecule has 2 aromatic heterocycles. The minimum Gasteiger partial charge on any atom is -0.258 e. The van der Waals surface area contributed by atoms with Gasteiger partial charge in [-0.05, 0) is 16.7 Å². The fourth-order valence-corrected chi connectivity index (χ4v) is 6.74. The maximum absolute atomic E-state index is 11.6. The van der Waals surface area contributed by atoms with Crippen molar-refractivity contribution in [2.24, 2.45) is 0 Å². The maximum Gasteiger partial charge on any atom is 0.270 e. The van der Waals surface area contributed by atoms with E-state index in [4.69, 9.17) is 0 Å². The number of hydrogen-bond donors (Lipinski definition) is 1. The zero-order chi connectivity index (χ0) is 30.2. The van der Waals surface area contributed by atoms with E-state index in [2.05, 4.69) is 44.9 Å². The minimum atomic E-state index is -0.455. The molecular weight excluding hydrogens is 601 g/mol. The van der Waals surface area contributed by atoms with Crippen LogP contribution in [-0.4, -0.2) is 29.7 Å². The Bertz CT molecular complexity index is 2010. The molecule has 0 saturated carbocycles. The summed E-state index contributed by atoms with van der Waals surface area (Å²) in [5.41, 5.74) is 8.44. The number of nitrogens with one attached hydrogen (secondary N) is 1. The lowest BCUT2D eigenvalue weighted by Gasteiger charge is -2.28. The SMILES string of the molecule is O=[N+]([O-])c1cccc(-c2nnc(NN3C(c4cccc([N+](=O)[O-])c4)Sc4ncc(-c5ccc(-c6ccccc6)cc5)n43)s2)c1. The second-order valence-electron chi connectivity index (χ2n) is 9.68. The van der Waals surface area contributed by atoms with E-state index in [0.29, 0.717) is 26.4 Å². The van der Waals surface area contributed by atoms with Crippen molar-refractivity contribution in [2.75, 3.05) is 10.5 Å². The predicted octanol–water partition coefficient (Wildman–Crippen LogP) is 7.32. The first-order chi connectivity index (χ1) is 21.4. The van der Waals surface area contributed by atoms with E-state index in [1.54, 1.807) is 30.5 Å². The molecule has 4 aromatic carbocycles. The molecule has 6 aromatic rings. The number of hydrogen-bond acceptors (Lipinski definition) is 11. The molecule has 0 radical (unpaired) electrons. The molecular formula is C30H20N8O4S2. The van der Waals surface area contributed by atoms with E-state index in [9.17, 15) is 20.2 Å². The smallest absolute Gasteiger partial charge is 0.258 e. The predicted molar refractivity (Wildman–Crippen MR) is 169 cm³/mol. The number of anilines is 1. The Labute approximate surface area is 257 Å². The Morgan fingerprint density at radius 1 is 0.727 bits per heavy atom. The first-order valence-electron chi connectivity index (χ1n) is 13.2. The molecule has 3 heterocycles. The van der Waals surface area contributed by atoms with Gasteiger partial charge < -0.3 is 0 Å². The fraction of sp³-hybridized carbons (Fsp3) is 0.0333. The number of aromatic nitrogens is 4. The second-order valence-corrected chi connectivity index (χ2v) is 11.7. The molecule has 12 nitrogen and oxygen atoms in total. The Kier molecular flexibility index (Phi) is 6.96. The molecule has 44 heavy (non-hydrogen) atoms. The Morgan fingerprint density at radius 2 is 1.39 bits per heavy atom. The van der Waals surface area contributed by atoms with Gasteiger partial charge in [0, 0.05) is 35.4 Å². The van der Waals surface area contributed by atoms with Crippen LogP contribution in [-0.2, 0) is 0 Å². The van der Waals surface area contributed by atoms with Gasteiger partial charge in [-0.25, -0.2) is 14.8 Å². The van der Waals surface area contributed by atoms with Crippen LogP contribution in [0.1, 0.15) is 10.9 Å². The number of thioether (sulfide) groups is 1. The molecule has 1 atom stereocenters. The molecule has 1 unspecified atom stereocenters. The third kappa shape index (κ3) is 5.12. The number of non-ortho nitro benzene ring substituents is 2. The number of hydrazine groups is 1. The van der Waals surface area contributed by atoms with Gasteiger partial charge in [-0.3, -0.25) is 25.7 Å². The molecule has 0 saturated heterocycles. The van der Waals surface area contributed by atoms with Crippen LogP contribution in [0.5, 0.6) is 0 Å².